The quantitative estimate of drug-likeness (QED) is 0.348. The lowest BCUT2D eigenvalue weighted by Gasteiger charge is -2.11. The molecule has 0 atom stereocenters. The summed E-state index contributed by atoms with van der Waals surface area (Å²) in [5.41, 5.74) is 3.71. The third-order valence-corrected chi connectivity index (χ3v) is 5.98. The number of nitrogens with zero attached hydrogens (tertiary/aromatic N) is 5. The highest BCUT2D eigenvalue weighted by Gasteiger charge is 2.39. The smallest absolute Gasteiger partial charge is 0.303 e. The number of carbonyl (C=O) groups is 1. The zero-order valence-electron chi connectivity index (χ0n) is 18.9. The van der Waals surface area contributed by atoms with Crippen molar-refractivity contribution in [1.82, 2.24) is 15.1 Å². The largest absolute Gasteiger partial charge is 0.692 e. The minimum atomic E-state index is -0.362. The maximum Gasteiger partial charge on any atom is 0.303 e. The van der Waals surface area contributed by atoms with Crippen LogP contribution >= 0.6 is 0 Å². The molecule has 10 nitrogen and oxygen atoms in total. The van der Waals surface area contributed by atoms with Gasteiger partial charge < -0.3 is 15.7 Å². The van der Waals surface area contributed by atoms with Gasteiger partial charge in [0.15, 0.2) is 5.69 Å². The summed E-state index contributed by atoms with van der Waals surface area (Å²) in [6.07, 6.45) is 2.72. The lowest BCUT2D eigenvalue weighted by Crippen LogP contribution is -2.42. The Morgan fingerprint density at radius 3 is 2.59 bits per heavy atom. The van der Waals surface area contributed by atoms with E-state index in [-0.39, 0.29) is 22.9 Å². The summed E-state index contributed by atoms with van der Waals surface area (Å²) < 4.78 is 4.68. The van der Waals surface area contributed by atoms with Crippen molar-refractivity contribution in [3.63, 3.8) is 0 Å². The number of hydrogen-bond acceptors (Lipinski definition) is 6. The number of aryl methyl sites for hydroxylation is 1. The lowest BCUT2D eigenvalue weighted by molar-refractivity contribution is -0.808. The monoisotopic (exact) mass is 460 g/mol. The third-order valence-electron chi connectivity index (χ3n) is 5.98. The van der Waals surface area contributed by atoms with Gasteiger partial charge in [-0.25, -0.2) is 0 Å². The molecule has 0 saturated carbocycles. The van der Waals surface area contributed by atoms with E-state index in [0.29, 0.717) is 51.3 Å². The average molecular weight is 460 g/mol. The number of fused-ring (bicyclic) bond motifs is 3. The van der Waals surface area contributed by atoms with Gasteiger partial charge in [-0.3, -0.25) is 9.42 Å². The number of amides is 1. The van der Waals surface area contributed by atoms with Gasteiger partial charge >= 0.3 is 11.4 Å². The summed E-state index contributed by atoms with van der Waals surface area (Å²) in [7, 11) is 0. The molecule has 1 aliphatic carbocycles. The van der Waals surface area contributed by atoms with Gasteiger partial charge in [0.2, 0.25) is 5.69 Å². The van der Waals surface area contributed by atoms with Crippen LogP contribution in [0.25, 0.3) is 17.1 Å². The first kappa shape index (κ1) is 21.6. The first-order valence-corrected chi connectivity index (χ1v) is 11.2. The molecule has 1 N–H and O–H groups in total. The molecule has 0 unspecified atom stereocenters. The number of benzene rings is 2. The summed E-state index contributed by atoms with van der Waals surface area (Å²) in [4.78, 5) is 15.2. The van der Waals surface area contributed by atoms with E-state index >= 15 is 0 Å². The summed E-state index contributed by atoms with van der Waals surface area (Å²) >= 11 is 0. The van der Waals surface area contributed by atoms with Gasteiger partial charge in [-0.2, -0.15) is 0 Å². The van der Waals surface area contributed by atoms with Crippen LogP contribution in [0.2, 0.25) is 0 Å². The molecule has 0 radical (unpaired) electrons. The molecule has 0 saturated heterocycles. The normalized spacial score (nSPS) is 12.4. The standard InChI is InChI=1S/C24H24N6O4/c1-15(2)7-8-16-9-11-17(12-10-16)25-24(31)18-5-3-4-6-19(18)28-26-22-20(29(28)32)13-14-21-23(22)27-34-30(21)33/h3-6,9-12,15H,7-8,13-14H2,1-2H3,(H,25,31). The van der Waals surface area contributed by atoms with Crippen molar-refractivity contribution < 1.29 is 19.2 Å². The first-order valence-electron chi connectivity index (χ1n) is 11.2. The van der Waals surface area contributed by atoms with Crippen LogP contribution in [0.5, 0.6) is 0 Å². The minimum Gasteiger partial charge on any atom is -0.692 e. The Kier molecular flexibility index (Phi) is 5.48. The fraction of sp³-hybridized carbons (Fsp3) is 0.292. The van der Waals surface area contributed by atoms with Crippen molar-refractivity contribution in [3.8, 4) is 17.1 Å². The molecule has 0 spiro atoms. The van der Waals surface area contributed by atoms with Gasteiger partial charge in [-0.05, 0) is 58.3 Å². The minimum absolute atomic E-state index is 0.249. The molecule has 2 heterocycles. The van der Waals surface area contributed by atoms with Crippen molar-refractivity contribution in [1.29, 1.82) is 0 Å². The van der Waals surface area contributed by atoms with Crippen LogP contribution in [0.4, 0.5) is 5.69 Å². The third kappa shape index (κ3) is 3.87. The number of nitrogens with one attached hydrogen (secondary N) is 1. The van der Waals surface area contributed by atoms with Crippen LogP contribution in [0.3, 0.4) is 0 Å². The van der Waals surface area contributed by atoms with Gasteiger partial charge in [-0.15, -0.1) is 4.85 Å². The van der Waals surface area contributed by atoms with Crippen molar-refractivity contribution in [2.45, 2.75) is 39.5 Å². The molecule has 5 rings (SSSR count). The molecule has 2 aromatic carbocycles. The SMILES string of the molecule is CC(C)CCc1ccc(NC(=O)c2ccccc2-n2nc3c([n+]2[O-])CCc2c-3no[n+]2[O-])cc1. The molecular weight excluding hydrogens is 436 g/mol. The van der Waals surface area contributed by atoms with Crippen molar-refractivity contribution in [2.24, 2.45) is 5.92 Å². The fourth-order valence-electron chi connectivity index (χ4n) is 4.09. The van der Waals surface area contributed by atoms with Crippen LogP contribution in [-0.2, 0) is 19.3 Å². The average Bonchev–Trinajstić information content (AvgIpc) is 3.38. The number of hydrogen-bond donors (Lipinski definition) is 1. The van der Waals surface area contributed by atoms with E-state index in [4.69, 9.17) is 0 Å². The summed E-state index contributed by atoms with van der Waals surface area (Å²) in [6.45, 7) is 4.39. The maximum atomic E-state index is 13.1. The summed E-state index contributed by atoms with van der Waals surface area (Å²) in [6, 6.07) is 14.5. The van der Waals surface area contributed by atoms with Gasteiger partial charge in [-0.1, -0.05) is 38.1 Å². The molecule has 2 aromatic heterocycles. The fourth-order valence-corrected chi connectivity index (χ4v) is 4.09. The Hall–Kier alpha value is -4.21. The predicted molar refractivity (Wildman–Crippen MR) is 122 cm³/mol. The Morgan fingerprint density at radius 1 is 1.09 bits per heavy atom. The van der Waals surface area contributed by atoms with Gasteiger partial charge in [0.1, 0.15) is 5.69 Å². The molecule has 4 aromatic rings. The predicted octanol–water partition coefficient (Wildman–Crippen LogP) is 2.73. The molecule has 10 heteroatoms. The van der Waals surface area contributed by atoms with Gasteiger partial charge in [0.05, 0.1) is 15.8 Å². The number of rotatable bonds is 6. The van der Waals surface area contributed by atoms with Crippen LogP contribution in [0.1, 0.15) is 47.6 Å². The van der Waals surface area contributed by atoms with E-state index in [0.717, 1.165) is 17.6 Å². The molecule has 1 aliphatic rings. The summed E-state index contributed by atoms with van der Waals surface area (Å²) in [5, 5.41) is 35.8. The van der Waals surface area contributed by atoms with Crippen molar-refractivity contribution in [3.05, 3.63) is 81.5 Å². The second kappa shape index (κ2) is 8.62. The van der Waals surface area contributed by atoms with Crippen LogP contribution < -0.4 is 15.1 Å². The molecular formula is C24H24N6O4. The summed E-state index contributed by atoms with van der Waals surface area (Å²) in [5.74, 6) is 0.267. The molecule has 0 bridgehead atoms. The highest BCUT2D eigenvalue weighted by atomic mass is 16.8. The van der Waals surface area contributed by atoms with E-state index < -0.39 is 0 Å². The Morgan fingerprint density at radius 2 is 1.82 bits per heavy atom. The van der Waals surface area contributed by atoms with Gasteiger partial charge in [0, 0.05) is 18.5 Å². The number of anilines is 1. The van der Waals surface area contributed by atoms with E-state index in [1.165, 1.54) is 5.56 Å². The van der Waals surface area contributed by atoms with E-state index in [1.54, 1.807) is 24.3 Å². The van der Waals surface area contributed by atoms with Crippen molar-refractivity contribution >= 4 is 11.6 Å². The van der Waals surface area contributed by atoms with E-state index in [9.17, 15) is 15.2 Å². The molecule has 1 amide bonds. The zero-order valence-corrected chi connectivity index (χ0v) is 18.9. The number of para-hydroxylation sites is 1. The number of carbonyl (C=O) groups excluding carboxylic acids is 1. The van der Waals surface area contributed by atoms with Crippen LogP contribution in [0, 0.1) is 16.3 Å². The highest BCUT2D eigenvalue weighted by molar-refractivity contribution is 6.06. The van der Waals surface area contributed by atoms with Crippen LogP contribution in [0.15, 0.2) is 53.2 Å². The van der Waals surface area contributed by atoms with Crippen LogP contribution in [-0.4, -0.2) is 21.0 Å². The Labute approximate surface area is 195 Å². The maximum absolute atomic E-state index is 13.1. The second-order valence-corrected chi connectivity index (χ2v) is 8.78. The van der Waals surface area contributed by atoms with E-state index in [1.807, 2.05) is 24.3 Å². The Bertz CT molecular complexity index is 1360. The van der Waals surface area contributed by atoms with Crippen molar-refractivity contribution in [2.75, 3.05) is 5.32 Å². The lowest BCUT2D eigenvalue weighted by atomic mass is 10.0. The molecule has 174 valence electrons. The number of aromatic nitrogens is 5. The molecule has 0 fully saturated rings. The first-order chi connectivity index (χ1) is 16.4. The highest BCUT2D eigenvalue weighted by Crippen LogP contribution is 2.28. The molecule has 0 aliphatic heterocycles. The topological polar surface area (TPSA) is 127 Å². The second-order valence-electron chi connectivity index (χ2n) is 8.78. The zero-order chi connectivity index (χ0) is 23.8. The molecule has 34 heavy (non-hydrogen) atoms. The Balaban J connectivity index is 1.43. The van der Waals surface area contributed by atoms with Gasteiger partial charge in [0.25, 0.3) is 5.91 Å². The van der Waals surface area contributed by atoms with E-state index in [2.05, 4.69) is 34.0 Å².